The zero-order valence-corrected chi connectivity index (χ0v) is 12.8. The highest BCUT2D eigenvalue weighted by Gasteiger charge is 2.24. The third-order valence-electron chi connectivity index (χ3n) is 3.44. The number of hydrogen-bond donors (Lipinski definition) is 1. The van der Waals surface area contributed by atoms with Crippen LogP contribution in [0, 0.1) is 10.1 Å². The number of rotatable bonds is 3. The van der Waals surface area contributed by atoms with Gasteiger partial charge in [0, 0.05) is 33.3 Å². The van der Waals surface area contributed by atoms with Crippen LogP contribution in [0.25, 0.3) is 0 Å². The Morgan fingerprint density at radius 3 is 2.36 bits per heavy atom. The molecule has 5 nitrogen and oxygen atoms in total. The SMILES string of the molecule is O=[N+]([O-])c1ccc(C2=NCC(c3c(Cl)cccc3Cl)N2)cc1. The second kappa shape index (κ2) is 5.94. The lowest BCUT2D eigenvalue weighted by atomic mass is 10.1. The van der Waals surface area contributed by atoms with Gasteiger partial charge in [0.05, 0.1) is 17.5 Å². The zero-order chi connectivity index (χ0) is 15.7. The molecule has 1 heterocycles. The Morgan fingerprint density at radius 2 is 1.77 bits per heavy atom. The Morgan fingerprint density at radius 1 is 1.14 bits per heavy atom. The van der Waals surface area contributed by atoms with Gasteiger partial charge in [0.15, 0.2) is 0 Å². The molecule has 22 heavy (non-hydrogen) atoms. The number of non-ortho nitro benzene ring substituents is 1. The van der Waals surface area contributed by atoms with Crippen LogP contribution in [0.5, 0.6) is 0 Å². The maximum absolute atomic E-state index is 10.7. The third-order valence-corrected chi connectivity index (χ3v) is 4.10. The molecule has 3 rings (SSSR count). The summed E-state index contributed by atoms with van der Waals surface area (Å²) in [6.07, 6.45) is 0. The summed E-state index contributed by atoms with van der Waals surface area (Å²) in [7, 11) is 0. The summed E-state index contributed by atoms with van der Waals surface area (Å²) in [5, 5.41) is 15.1. The van der Waals surface area contributed by atoms with E-state index in [9.17, 15) is 10.1 Å². The number of nitrogens with one attached hydrogen (secondary N) is 1. The summed E-state index contributed by atoms with van der Waals surface area (Å²) in [6, 6.07) is 11.5. The number of nitro groups is 1. The molecular weight excluding hydrogens is 325 g/mol. The van der Waals surface area contributed by atoms with Gasteiger partial charge in [0.1, 0.15) is 5.84 Å². The van der Waals surface area contributed by atoms with Crippen molar-refractivity contribution in [2.45, 2.75) is 6.04 Å². The highest BCUT2D eigenvalue weighted by Crippen LogP contribution is 2.32. The van der Waals surface area contributed by atoms with E-state index in [1.165, 1.54) is 12.1 Å². The van der Waals surface area contributed by atoms with Crippen LogP contribution in [-0.2, 0) is 0 Å². The maximum Gasteiger partial charge on any atom is 0.269 e. The normalized spacial score (nSPS) is 17.0. The summed E-state index contributed by atoms with van der Waals surface area (Å²) >= 11 is 12.4. The van der Waals surface area contributed by atoms with E-state index in [1.54, 1.807) is 30.3 Å². The number of aliphatic imine (C=N–C) groups is 1. The molecule has 1 N–H and O–H groups in total. The van der Waals surface area contributed by atoms with E-state index >= 15 is 0 Å². The van der Waals surface area contributed by atoms with Crippen molar-refractivity contribution in [1.29, 1.82) is 0 Å². The number of nitro benzene ring substituents is 1. The smallest absolute Gasteiger partial charge is 0.269 e. The quantitative estimate of drug-likeness (QED) is 0.681. The van der Waals surface area contributed by atoms with Crippen LogP contribution in [0.3, 0.4) is 0 Å². The Hall–Kier alpha value is -2.11. The van der Waals surface area contributed by atoms with Crippen LogP contribution < -0.4 is 5.32 Å². The fourth-order valence-electron chi connectivity index (χ4n) is 2.36. The van der Waals surface area contributed by atoms with Crippen molar-refractivity contribution in [3.05, 3.63) is 73.8 Å². The van der Waals surface area contributed by atoms with E-state index in [0.29, 0.717) is 22.4 Å². The first-order valence-electron chi connectivity index (χ1n) is 6.56. The molecule has 1 aliphatic rings. The van der Waals surface area contributed by atoms with Crippen LogP contribution in [-0.4, -0.2) is 17.3 Å². The van der Waals surface area contributed by atoms with Crippen LogP contribution >= 0.6 is 23.2 Å². The number of nitrogens with zero attached hydrogens (tertiary/aromatic N) is 2. The fourth-order valence-corrected chi connectivity index (χ4v) is 3.02. The topological polar surface area (TPSA) is 67.5 Å². The average Bonchev–Trinajstić information content (AvgIpc) is 2.97. The number of benzene rings is 2. The van der Waals surface area contributed by atoms with Gasteiger partial charge in [-0.2, -0.15) is 0 Å². The molecule has 0 fully saturated rings. The van der Waals surface area contributed by atoms with Crippen molar-refractivity contribution >= 4 is 34.7 Å². The van der Waals surface area contributed by atoms with Crippen molar-refractivity contribution in [3.8, 4) is 0 Å². The number of halogens is 2. The lowest BCUT2D eigenvalue weighted by Gasteiger charge is -2.15. The van der Waals surface area contributed by atoms with Crippen LogP contribution in [0.15, 0.2) is 47.5 Å². The third kappa shape index (κ3) is 2.77. The molecule has 0 bridgehead atoms. The molecule has 0 saturated carbocycles. The van der Waals surface area contributed by atoms with E-state index < -0.39 is 4.92 Å². The minimum atomic E-state index is -0.431. The van der Waals surface area contributed by atoms with Gasteiger partial charge in [-0.1, -0.05) is 29.3 Å². The predicted octanol–water partition coefficient (Wildman–Crippen LogP) is 3.99. The van der Waals surface area contributed by atoms with E-state index in [1.807, 2.05) is 0 Å². The van der Waals surface area contributed by atoms with Crippen molar-refractivity contribution in [2.24, 2.45) is 4.99 Å². The van der Waals surface area contributed by atoms with Crippen molar-refractivity contribution in [2.75, 3.05) is 6.54 Å². The molecular formula is C15H11Cl2N3O2. The monoisotopic (exact) mass is 335 g/mol. The summed E-state index contributed by atoms with van der Waals surface area (Å²) in [5.74, 6) is 0.677. The standard InChI is InChI=1S/C15H11Cl2N3O2/c16-11-2-1-3-12(17)14(11)13-8-18-15(19-13)9-4-6-10(7-5-9)20(21)22/h1-7,13H,8H2,(H,18,19). The molecule has 0 aromatic heterocycles. The van der Waals surface area contributed by atoms with Gasteiger partial charge in [0.2, 0.25) is 0 Å². The van der Waals surface area contributed by atoms with Crippen molar-refractivity contribution in [3.63, 3.8) is 0 Å². The molecule has 0 amide bonds. The van der Waals surface area contributed by atoms with E-state index in [0.717, 1.165) is 11.1 Å². The lowest BCUT2D eigenvalue weighted by Crippen LogP contribution is -2.24. The predicted molar refractivity (Wildman–Crippen MR) is 86.8 cm³/mol. The molecule has 7 heteroatoms. The van der Waals surface area contributed by atoms with Crippen LogP contribution in [0.1, 0.15) is 17.2 Å². The molecule has 2 aromatic carbocycles. The molecule has 112 valence electrons. The average molecular weight is 336 g/mol. The zero-order valence-electron chi connectivity index (χ0n) is 11.3. The maximum atomic E-state index is 10.7. The van der Waals surface area contributed by atoms with Gasteiger partial charge < -0.3 is 5.32 Å². The molecule has 1 atom stereocenters. The van der Waals surface area contributed by atoms with Gasteiger partial charge in [-0.25, -0.2) is 0 Å². The van der Waals surface area contributed by atoms with E-state index in [-0.39, 0.29) is 11.7 Å². The second-order valence-electron chi connectivity index (χ2n) is 4.83. The summed E-state index contributed by atoms with van der Waals surface area (Å²) in [4.78, 5) is 14.7. The Kier molecular flexibility index (Phi) is 4.00. The lowest BCUT2D eigenvalue weighted by molar-refractivity contribution is -0.384. The van der Waals surface area contributed by atoms with Gasteiger partial charge in [-0.15, -0.1) is 0 Å². The fraction of sp³-hybridized carbons (Fsp3) is 0.133. The molecule has 2 aromatic rings. The van der Waals surface area contributed by atoms with Crippen LogP contribution in [0.4, 0.5) is 5.69 Å². The summed E-state index contributed by atoms with van der Waals surface area (Å²) < 4.78 is 0. The highest BCUT2D eigenvalue weighted by molar-refractivity contribution is 6.36. The van der Waals surface area contributed by atoms with Gasteiger partial charge in [0.25, 0.3) is 5.69 Å². The first-order valence-corrected chi connectivity index (χ1v) is 7.31. The first kappa shape index (κ1) is 14.8. The molecule has 0 spiro atoms. The minimum absolute atomic E-state index is 0.0491. The molecule has 0 aliphatic carbocycles. The molecule has 0 radical (unpaired) electrons. The molecule has 1 aliphatic heterocycles. The van der Waals surface area contributed by atoms with Crippen molar-refractivity contribution in [1.82, 2.24) is 5.32 Å². The van der Waals surface area contributed by atoms with Crippen molar-refractivity contribution < 1.29 is 4.92 Å². The minimum Gasteiger partial charge on any atom is -0.361 e. The molecule has 1 unspecified atom stereocenters. The number of amidine groups is 1. The Labute approximate surface area is 136 Å². The van der Waals surface area contributed by atoms with E-state index in [4.69, 9.17) is 23.2 Å². The van der Waals surface area contributed by atoms with E-state index in [2.05, 4.69) is 10.3 Å². The van der Waals surface area contributed by atoms with Gasteiger partial charge in [-0.05, 0) is 24.3 Å². The van der Waals surface area contributed by atoms with Gasteiger partial charge in [-0.3, -0.25) is 15.1 Å². The van der Waals surface area contributed by atoms with Gasteiger partial charge >= 0.3 is 0 Å². The molecule has 0 saturated heterocycles. The number of hydrogen-bond acceptors (Lipinski definition) is 4. The first-order chi connectivity index (χ1) is 10.6. The highest BCUT2D eigenvalue weighted by atomic mass is 35.5. The Bertz CT molecular complexity index is 740. The Balaban J connectivity index is 1.81. The second-order valence-corrected chi connectivity index (χ2v) is 5.64. The summed E-state index contributed by atoms with van der Waals surface area (Å²) in [6.45, 7) is 0.510. The van der Waals surface area contributed by atoms with Crippen LogP contribution in [0.2, 0.25) is 10.0 Å². The largest absolute Gasteiger partial charge is 0.361 e. The summed E-state index contributed by atoms with van der Waals surface area (Å²) in [5.41, 5.74) is 1.65.